The molecule has 3 N–H and O–H groups in total. The van der Waals surface area contributed by atoms with Crippen LogP contribution in [0.1, 0.15) is 16.7 Å². The van der Waals surface area contributed by atoms with Gasteiger partial charge in [-0.25, -0.2) is 0 Å². The molecule has 0 fully saturated rings. The minimum atomic E-state index is -4.96. The molecule has 3 aromatic carbocycles. The van der Waals surface area contributed by atoms with Crippen molar-refractivity contribution < 1.29 is 119 Å². The minimum Gasteiger partial charge on any atom is -0.507 e. The zero-order chi connectivity index (χ0) is 34.4. The van der Waals surface area contributed by atoms with Crippen molar-refractivity contribution in [3.63, 3.8) is 0 Å². The van der Waals surface area contributed by atoms with Crippen LogP contribution in [-0.4, -0.2) is 51.2 Å². The molecule has 0 aliphatic carbocycles. The number of aliphatic hydroxyl groups is 3. The van der Waals surface area contributed by atoms with Gasteiger partial charge in [-0.3, -0.25) is 14.4 Å². The summed E-state index contributed by atoms with van der Waals surface area (Å²) in [6, 6.07) is 22.5. The van der Waals surface area contributed by atoms with E-state index < -0.39 is 53.2 Å². The second-order valence-corrected chi connectivity index (χ2v) is 8.27. The molecular formula is C30H21EuF9O6. The Kier molecular flexibility index (Phi) is 17.5. The van der Waals surface area contributed by atoms with Gasteiger partial charge < -0.3 is 15.3 Å². The second kappa shape index (κ2) is 19.0. The Hall–Kier alpha value is -3.76. The Morgan fingerprint density at radius 3 is 0.739 bits per heavy atom. The van der Waals surface area contributed by atoms with Crippen molar-refractivity contribution >= 4 is 34.6 Å². The number of allylic oxidation sites excluding steroid dienone is 3. The smallest absolute Gasteiger partial charge is 0.454 e. The first-order valence-corrected chi connectivity index (χ1v) is 11.9. The number of carbonyl (C=O) groups excluding carboxylic acids is 3. The van der Waals surface area contributed by atoms with E-state index in [2.05, 4.69) is 0 Å². The summed E-state index contributed by atoms with van der Waals surface area (Å²) >= 11 is 0. The number of benzene rings is 3. The first-order chi connectivity index (χ1) is 20.7. The van der Waals surface area contributed by atoms with Crippen molar-refractivity contribution in [2.75, 3.05) is 0 Å². The van der Waals surface area contributed by atoms with Crippen LogP contribution in [0.3, 0.4) is 0 Å². The molecule has 3 aromatic rings. The van der Waals surface area contributed by atoms with Gasteiger partial charge >= 0.3 is 18.5 Å². The first-order valence-electron chi connectivity index (χ1n) is 11.9. The number of hydrogen-bond acceptors (Lipinski definition) is 6. The van der Waals surface area contributed by atoms with Crippen LogP contribution in [0.25, 0.3) is 17.3 Å². The molecule has 0 bridgehead atoms. The van der Waals surface area contributed by atoms with Crippen molar-refractivity contribution in [3.05, 3.63) is 126 Å². The standard InChI is InChI=1S/3C10H7F3O2.Eu/c3*11-10(12,13)9(15)6-8(14)7-4-2-1-3-5-7;/h3*1-6,14H;/b3*8-6-;. The van der Waals surface area contributed by atoms with Crippen LogP contribution < -0.4 is 0 Å². The Labute approximate surface area is 295 Å². The molecular weight excluding hydrogens is 779 g/mol. The van der Waals surface area contributed by atoms with Crippen molar-refractivity contribution in [1.82, 2.24) is 0 Å². The molecule has 0 amide bonds. The van der Waals surface area contributed by atoms with Crippen molar-refractivity contribution in [2.24, 2.45) is 0 Å². The average molecular weight is 800 g/mol. The molecule has 1 radical (unpaired) electrons. The van der Waals surface area contributed by atoms with Crippen molar-refractivity contribution in [2.45, 2.75) is 18.5 Å². The third kappa shape index (κ3) is 16.0. The van der Waals surface area contributed by atoms with Gasteiger partial charge in [-0.15, -0.1) is 0 Å². The summed E-state index contributed by atoms with van der Waals surface area (Å²) in [5.41, 5.74) is 0.486. The zero-order valence-electron chi connectivity index (χ0n) is 22.7. The fourth-order valence-corrected chi connectivity index (χ4v) is 2.69. The maximum absolute atomic E-state index is 11.8. The molecule has 0 aliphatic rings. The molecule has 46 heavy (non-hydrogen) atoms. The molecule has 0 heterocycles. The fraction of sp³-hybridized carbons (Fsp3) is 0.100. The van der Waals surface area contributed by atoms with E-state index >= 15 is 0 Å². The van der Waals surface area contributed by atoms with Crippen LogP contribution >= 0.6 is 0 Å². The second-order valence-electron chi connectivity index (χ2n) is 8.27. The summed E-state index contributed by atoms with van der Waals surface area (Å²) in [4.78, 5) is 31.5. The number of alkyl halides is 9. The molecule has 16 heteroatoms. The molecule has 0 aliphatic heterocycles. The van der Waals surface area contributed by atoms with Crippen LogP contribution in [0.15, 0.2) is 109 Å². The van der Waals surface area contributed by atoms with Gasteiger partial charge in [0, 0.05) is 84.3 Å². The minimum absolute atomic E-state index is 0. The van der Waals surface area contributed by atoms with Gasteiger partial charge in [0.1, 0.15) is 17.3 Å². The molecule has 0 saturated heterocycles. The SMILES string of the molecule is O=C(/C=C(\O)c1ccccc1)C(F)(F)F.O=C(/C=C(\O)c1ccccc1)C(F)(F)F.O=C(/C=C(\O)c1ccccc1)C(F)(F)F.[Eu]. The molecule has 247 valence electrons. The average Bonchev–Trinajstić information content (AvgIpc) is 2.97. The topological polar surface area (TPSA) is 112 Å². The monoisotopic (exact) mass is 801 g/mol. The van der Waals surface area contributed by atoms with Gasteiger partial charge in [-0.2, -0.15) is 39.5 Å². The van der Waals surface area contributed by atoms with Crippen molar-refractivity contribution in [1.29, 1.82) is 0 Å². The fourth-order valence-electron chi connectivity index (χ4n) is 2.69. The van der Waals surface area contributed by atoms with E-state index in [0.29, 0.717) is 0 Å². The molecule has 0 unspecified atom stereocenters. The Bertz CT molecular complexity index is 1330. The zero-order valence-corrected chi connectivity index (χ0v) is 25.2. The molecule has 0 atom stereocenters. The first kappa shape index (κ1) is 42.2. The quantitative estimate of drug-likeness (QED) is 0.132. The summed E-state index contributed by atoms with van der Waals surface area (Å²) in [7, 11) is 0. The summed E-state index contributed by atoms with van der Waals surface area (Å²) in [5.74, 6) is -8.33. The molecule has 3 rings (SSSR count). The third-order valence-corrected chi connectivity index (χ3v) is 4.85. The van der Waals surface area contributed by atoms with E-state index in [1.165, 1.54) is 72.8 Å². The van der Waals surface area contributed by atoms with E-state index in [1.807, 2.05) is 0 Å². The van der Waals surface area contributed by atoms with Crippen LogP contribution in [-0.2, 0) is 14.4 Å². The molecule has 6 nitrogen and oxygen atoms in total. The normalized spacial score (nSPS) is 12.3. The molecule has 0 spiro atoms. The summed E-state index contributed by atoms with van der Waals surface area (Å²) in [6.07, 6.45) is -14.4. The molecule has 0 aromatic heterocycles. The van der Waals surface area contributed by atoms with E-state index in [4.69, 9.17) is 0 Å². The van der Waals surface area contributed by atoms with E-state index in [1.54, 1.807) is 18.2 Å². The third-order valence-electron chi connectivity index (χ3n) is 4.85. The van der Waals surface area contributed by atoms with Crippen molar-refractivity contribution in [3.8, 4) is 0 Å². The van der Waals surface area contributed by atoms with E-state index in [0.717, 1.165) is 0 Å². The predicted octanol–water partition coefficient (Wildman–Crippen LogP) is 8.15. The maximum atomic E-state index is 11.8. The maximum Gasteiger partial charge on any atom is 0.454 e. The van der Waals surface area contributed by atoms with Crippen LogP contribution in [0, 0.1) is 49.4 Å². The summed E-state index contributed by atoms with van der Waals surface area (Å²) in [6.45, 7) is 0. The van der Waals surface area contributed by atoms with Gasteiger partial charge in [0.2, 0.25) is 0 Å². The van der Waals surface area contributed by atoms with Gasteiger partial charge in [-0.1, -0.05) is 91.0 Å². The Morgan fingerprint density at radius 1 is 0.413 bits per heavy atom. The van der Waals surface area contributed by atoms with E-state index in [-0.39, 0.29) is 84.3 Å². The summed E-state index contributed by atoms with van der Waals surface area (Å²) < 4.78 is 106. The number of ketones is 3. The van der Waals surface area contributed by atoms with E-state index in [9.17, 15) is 69.2 Å². The largest absolute Gasteiger partial charge is 0.507 e. The number of rotatable bonds is 6. The van der Waals surface area contributed by atoms with Crippen LogP contribution in [0.5, 0.6) is 0 Å². The number of carbonyl (C=O) groups is 3. The predicted molar refractivity (Wildman–Crippen MR) is 144 cm³/mol. The van der Waals surface area contributed by atoms with Crippen LogP contribution in [0.4, 0.5) is 39.5 Å². The number of hydrogen-bond donors (Lipinski definition) is 3. The van der Waals surface area contributed by atoms with Crippen LogP contribution in [0.2, 0.25) is 0 Å². The van der Waals surface area contributed by atoms with Gasteiger partial charge in [0.05, 0.1) is 0 Å². The number of halogens is 9. The number of aliphatic hydroxyl groups excluding tert-OH is 3. The van der Waals surface area contributed by atoms with Gasteiger partial charge in [-0.05, 0) is 0 Å². The summed E-state index contributed by atoms with van der Waals surface area (Å²) in [5, 5.41) is 27.6. The molecule has 0 saturated carbocycles. The Balaban J connectivity index is 0.000000653. The van der Waals surface area contributed by atoms with Gasteiger partial charge in [0.25, 0.3) is 17.3 Å². The van der Waals surface area contributed by atoms with Gasteiger partial charge in [0.15, 0.2) is 0 Å². The Morgan fingerprint density at radius 2 is 0.587 bits per heavy atom.